The molecule has 0 spiro atoms. The Balaban J connectivity index is 2.30. The summed E-state index contributed by atoms with van der Waals surface area (Å²) in [5.41, 5.74) is 0.798. The van der Waals surface area contributed by atoms with Crippen LogP contribution >= 0.6 is 0 Å². The maximum absolute atomic E-state index is 13.0. The maximum Gasteiger partial charge on any atom is 0.342 e. The van der Waals surface area contributed by atoms with Gasteiger partial charge < -0.3 is 18.6 Å². The van der Waals surface area contributed by atoms with Crippen molar-refractivity contribution in [2.75, 3.05) is 13.2 Å². The van der Waals surface area contributed by atoms with Gasteiger partial charge in [0.15, 0.2) is 19.9 Å². The summed E-state index contributed by atoms with van der Waals surface area (Å²) in [5, 5.41) is -0.0340. The molecule has 0 aromatic heterocycles. The molecule has 31 heavy (non-hydrogen) atoms. The van der Waals surface area contributed by atoms with Gasteiger partial charge in [0.2, 0.25) is 0 Å². The predicted octanol–water partition coefficient (Wildman–Crippen LogP) is 5.31. The first-order chi connectivity index (χ1) is 14.3. The number of ketones is 1. The highest BCUT2D eigenvalue weighted by molar-refractivity contribution is 6.74. The summed E-state index contributed by atoms with van der Waals surface area (Å²) < 4.78 is 24.0. The number of Topliss-reactive ketones (excluding diaryl/α,β-unsaturated/α-hetero) is 1. The molecule has 7 heteroatoms. The second-order valence-corrected chi connectivity index (χ2v) is 15.5. The van der Waals surface area contributed by atoms with Crippen LogP contribution in [0.5, 0.6) is 0 Å². The van der Waals surface area contributed by atoms with E-state index in [0.717, 1.165) is 25.7 Å². The van der Waals surface area contributed by atoms with Crippen LogP contribution in [0.3, 0.4) is 0 Å². The van der Waals surface area contributed by atoms with E-state index in [4.69, 9.17) is 18.6 Å². The summed E-state index contributed by atoms with van der Waals surface area (Å²) in [6.07, 6.45) is 4.65. The third-order valence-corrected chi connectivity index (χ3v) is 11.1. The van der Waals surface area contributed by atoms with Crippen LogP contribution in [0, 0.1) is 0 Å². The van der Waals surface area contributed by atoms with Crippen LogP contribution in [0.1, 0.15) is 80.1 Å². The zero-order valence-corrected chi connectivity index (χ0v) is 21.8. The second-order valence-electron chi connectivity index (χ2n) is 10.7. The molecular weight excluding hydrogens is 412 g/mol. The molecule has 0 unspecified atom stereocenters. The smallest absolute Gasteiger partial charge is 0.342 e. The highest BCUT2D eigenvalue weighted by atomic mass is 28.4. The molecule has 178 valence electrons. The number of esters is 1. The van der Waals surface area contributed by atoms with Crippen LogP contribution in [0.15, 0.2) is 11.1 Å². The van der Waals surface area contributed by atoms with E-state index in [0.29, 0.717) is 18.6 Å². The summed E-state index contributed by atoms with van der Waals surface area (Å²) in [5.74, 6) is -1.40. The Kier molecular flexibility index (Phi) is 8.70. The Bertz CT molecular complexity index is 689. The van der Waals surface area contributed by atoms with Crippen LogP contribution < -0.4 is 0 Å². The van der Waals surface area contributed by atoms with Crippen molar-refractivity contribution in [1.82, 2.24) is 0 Å². The van der Waals surface area contributed by atoms with Crippen molar-refractivity contribution in [1.29, 1.82) is 0 Å². The fourth-order valence-electron chi connectivity index (χ4n) is 3.68. The van der Waals surface area contributed by atoms with E-state index >= 15 is 0 Å². The fourth-order valence-corrected chi connectivity index (χ4v) is 4.96. The third-order valence-electron chi connectivity index (χ3n) is 6.61. The third kappa shape index (κ3) is 6.73. The number of rotatable bonds is 11. The molecule has 0 aromatic carbocycles. The van der Waals surface area contributed by atoms with E-state index in [1.165, 1.54) is 6.42 Å². The quantitative estimate of drug-likeness (QED) is 0.182. The number of ether oxygens (including phenoxy) is 3. The molecule has 0 aromatic rings. The summed E-state index contributed by atoms with van der Waals surface area (Å²) in [7, 11) is -2.22. The zero-order chi connectivity index (χ0) is 23.4. The van der Waals surface area contributed by atoms with Crippen LogP contribution in [-0.4, -0.2) is 51.3 Å². The number of unbranched alkanes of at least 4 members (excludes halogenated alkanes) is 4. The molecule has 0 saturated carbocycles. The van der Waals surface area contributed by atoms with Crippen molar-refractivity contribution in [3.05, 3.63) is 11.1 Å². The Labute approximate surface area is 189 Å². The van der Waals surface area contributed by atoms with Crippen LogP contribution in [-0.2, 0) is 28.2 Å². The van der Waals surface area contributed by atoms with Gasteiger partial charge in [-0.1, -0.05) is 53.4 Å². The average Bonchev–Trinajstić information content (AvgIpc) is 3.20. The van der Waals surface area contributed by atoms with Gasteiger partial charge in [0.1, 0.15) is 18.3 Å². The van der Waals surface area contributed by atoms with Crippen molar-refractivity contribution < 1.29 is 28.2 Å². The van der Waals surface area contributed by atoms with E-state index in [1.807, 2.05) is 13.8 Å². The topological polar surface area (TPSA) is 71.1 Å². The lowest BCUT2D eigenvalue weighted by molar-refractivity contribution is -0.147. The standard InChI is InChI=1S/C24H42O6Si/c1-9-10-11-12-13-14-18(25)20-17(15-27-22(20)26)21(19-16-28-24(5,6)29-19)30-31(7,8)23(2,3)4/h19,21H,9-16H2,1-8H3/t19-,21-/m1/s1. The minimum Gasteiger partial charge on any atom is -0.457 e. The van der Waals surface area contributed by atoms with E-state index < -0.39 is 26.2 Å². The molecule has 0 N–H and O–H groups in total. The van der Waals surface area contributed by atoms with Gasteiger partial charge in [0.25, 0.3) is 0 Å². The van der Waals surface area contributed by atoms with Crippen molar-refractivity contribution in [3.8, 4) is 0 Å². The van der Waals surface area contributed by atoms with Gasteiger partial charge in [-0.25, -0.2) is 4.79 Å². The monoisotopic (exact) mass is 454 g/mol. The Morgan fingerprint density at radius 1 is 1.19 bits per heavy atom. The van der Waals surface area contributed by atoms with Gasteiger partial charge in [0, 0.05) is 12.0 Å². The highest BCUT2D eigenvalue weighted by Crippen LogP contribution is 2.41. The van der Waals surface area contributed by atoms with Gasteiger partial charge in [-0.15, -0.1) is 0 Å². The molecule has 2 heterocycles. The minimum atomic E-state index is -2.22. The Hall–Kier alpha value is -1.02. The molecule has 0 bridgehead atoms. The molecule has 0 amide bonds. The fraction of sp³-hybridized carbons (Fsp3) is 0.833. The number of cyclic esters (lactones) is 1. The van der Waals surface area contributed by atoms with Crippen molar-refractivity contribution >= 4 is 20.1 Å². The lowest BCUT2D eigenvalue weighted by Crippen LogP contribution is -2.49. The maximum atomic E-state index is 13.0. The molecule has 1 fully saturated rings. The van der Waals surface area contributed by atoms with Crippen LogP contribution in [0.4, 0.5) is 0 Å². The number of hydrogen-bond donors (Lipinski definition) is 0. The first-order valence-corrected chi connectivity index (χ1v) is 14.6. The van der Waals surface area contributed by atoms with E-state index in [-0.39, 0.29) is 29.1 Å². The average molecular weight is 455 g/mol. The molecular formula is C24H42O6Si. The summed E-state index contributed by atoms with van der Waals surface area (Å²) in [4.78, 5) is 25.6. The first kappa shape index (κ1) is 26.2. The molecule has 2 aliphatic heterocycles. The second kappa shape index (κ2) is 10.3. The molecule has 0 aliphatic carbocycles. The lowest BCUT2D eigenvalue weighted by Gasteiger charge is -2.41. The lowest BCUT2D eigenvalue weighted by atomic mass is 9.96. The Morgan fingerprint density at radius 3 is 2.39 bits per heavy atom. The van der Waals surface area contributed by atoms with E-state index in [2.05, 4.69) is 40.8 Å². The molecule has 2 atom stereocenters. The largest absolute Gasteiger partial charge is 0.457 e. The van der Waals surface area contributed by atoms with Gasteiger partial charge in [-0.3, -0.25) is 4.79 Å². The number of carbonyl (C=O) groups excluding carboxylic acids is 2. The van der Waals surface area contributed by atoms with Crippen molar-refractivity contribution in [3.63, 3.8) is 0 Å². The SMILES string of the molecule is CCCCCCCC(=O)C1=C([C@@H](O[Si](C)(C)C(C)(C)C)[C@H]2COC(C)(C)O2)COC1=O. The minimum absolute atomic E-state index is 0.0340. The van der Waals surface area contributed by atoms with Crippen molar-refractivity contribution in [2.45, 2.75) is 116 Å². The molecule has 1 saturated heterocycles. The number of carbonyl (C=O) groups is 2. The van der Waals surface area contributed by atoms with Gasteiger partial charge >= 0.3 is 5.97 Å². The van der Waals surface area contributed by atoms with E-state index in [9.17, 15) is 9.59 Å². The molecule has 2 rings (SSSR count). The highest BCUT2D eigenvalue weighted by Gasteiger charge is 2.48. The van der Waals surface area contributed by atoms with Crippen LogP contribution in [0.2, 0.25) is 18.1 Å². The summed E-state index contributed by atoms with van der Waals surface area (Å²) in [6.45, 7) is 17.1. The first-order valence-electron chi connectivity index (χ1n) is 11.7. The van der Waals surface area contributed by atoms with E-state index in [1.54, 1.807) is 0 Å². The van der Waals surface area contributed by atoms with Gasteiger partial charge in [-0.2, -0.15) is 0 Å². The van der Waals surface area contributed by atoms with Gasteiger partial charge in [-0.05, 0) is 38.4 Å². The summed E-state index contributed by atoms with van der Waals surface area (Å²) in [6, 6.07) is 0. The molecule has 0 radical (unpaired) electrons. The normalized spacial score (nSPS) is 22.7. The molecule has 6 nitrogen and oxygen atoms in total. The summed E-state index contributed by atoms with van der Waals surface area (Å²) >= 11 is 0. The Morgan fingerprint density at radius 2 is 1.84 bits per heavy atom. The van der Waals surface area contributed by atoms with Crippen LogP contribution in [0.25, 0.3) is 0 Å². The van der Waals surface area contributed by atoms with Gasteiger partial charge in [0.05, 0.1) is 12.7 Å². The zero-order valence-electron chi connectivity index (χ0n) is 20.8. The predicted molar refractivity (Wildman–Crippen MR) is 123 cm³/mol. The number of hydrogen-bond acceptors (Lipinski definition) is 6. The molecule has 2 aliphatic rings. The van der Waals surface area contributed by atoms with Crippen molar-refractivity contribution in [2.24, 2.45) is 0 Å².